The number of nitrogens with one attached hydrogen (secondary N) is 2. The average Bonchev–Trinajstić information content (AvgIpc) is 1.62. The van der Waals surface area contributed by atoms with Crippen LogP contribution in [0.3, 0.4) is 0 Å². The summed E-state index contributed by atoms with van der Waals surface area (Å²) in [5, 5.41) is 32.3. The molecule has 2 aliphatic rings. The quantitative estimate of drug-likeness (QED) is 0.0171. The molecule has 0 bridgehead atoms. The normalized spacial score (nSPS) is 14.8. The van der Waals surface area contributed by atoms with E-state index in [0.29, 0.717) is 77.5 Å². The number of rotatable bonds is 18. The van der Waals surface area contributed by atoms with Crippen LogP contribution >= 0.6 is 39.5 Å². The summed E-state index contributed by atoms with van der Waals surface area (Å²) >= 11 is 13.2. The maximum absolute atomic E-state index is 14.6. The molecule has 2 atom stereocenters. The summed E-state index contributed by atoms with van der Waals surface area (Å²) in [7, 11) is -10.5. The van der Waals surface area contributed by atoms with E-state index in [9.17, 15) is 68.8 Å². The number of hydrogen-bond acceptors (Lipinski definition) is 21. The van der Waals surface area contributed by atoms with Crippen LogP contribution in [0.4, 0.5) is 43.7 Å². The van der Waals surface area contributed by atoms with E-state index in [0.717, 1.165) is 35.4 Å². The van der Waals surface area contributed by atoms with Crippen molar-refractivity contribution in [2.24, 2.45) is 0 Å². The first-order chi connectivity index (χ1) is 45.5. The molecule has 0 spiro atoms. The van der Waals surface area contributed by atoms with Crippen molar-refractivity contribution < 1.29 is 90.2 Å². The van der Waals surface area contributed by atoms with Crippen LogP contribution in [0, 0.1) is 20.2 Å². The van der Waals surface area contributed by atoms with Crippen molar-refractivity contribution in [1.29, 1.82) is 0 Å². The predicted molar refractivity (Wildman–Crippen MR) is 352 cm³/mol. The Hall–Kier alpha value is -10.3. The Bertz CT molecular complexity index is 4680. The van der Waals surface area contributed by atoms with Crippen LogP contribution in [0.1, 0.15) is 55.2 Å². The van der Waals surface area contributed by atoms with Gasteiger partial charge in [0.25, 0.3) is 11.8 Å². The molecule has 5 heterocycles. The van der Waals surface area contributed by atoms with Gasteiger partial charge >= 0.3 is 324 Å². The van der Waals surface area contributed by atoms with Crippen molar-refractivity contribution in [2.45, 2.75) is 25.0 Å². The van der Waals surface area contributed by atoms with Crippen molar-refractivity contribution >= 4 is 141 Å². The molecular formula is C64H50Cl2N6O21P2. The van der Waals surface area contributed by atoms with E-state index in [2.05, 4.69) is 19.7 Å². The SMILES string of the molecule is O=C(Nc1cc2c(c3ccccc13)C(CCl)CN2C(=O)c1cc2cc(-c3ccc(-c4ccc5oc(C(=O)N6CC(CCl)c7c6cc(NC(=O)OCc6ccc([N+](=O)[O-])c(O[PH](O)(O)O)c6)c6ccccc76)cc5c4)o3)ccc2o1)OCc1ccc([N+](=O)[O-])c(O[PH](O)(O)O)c1. The van der Waals surface area contributed by atoms with E-state index in [-0.39, 0.29) is 70.7 Å². The third-order valence-corrected chi connectivity index (χ3v) is 17.7. The number of carbonyl (C=O) groups is 4. The molecule has 13 rings (SSSR count). The van der Waals surface area contributed by atoms with E-state index < -0.39 is 86.3 Å². The topological polar surface area (TPSA) is 383 Å². The number of hydrogen-bond donors (Lipinski definition) is 8. The monoisotopic (exact) mass is 1370 g/mol. The van der Waals surface area contributed by atoms with Crippen LogP contribution < -0.4 is 29.5 Å². The Kier molecular flexibility index (Phi) is 16.8. The van der Waals surface area contributed by atoms with Crippen LogP contribution in [-0.4, -0.2) is 88.1 Å². The Morgan fingerprint density at radius 3 is 1.29 bits per heavy atom. The van der Waals surface area contributed by atoms with Gasteiger partial charge in [-0.3, -0.25) is 9.59 Å². The fourth-order valence-corrected chi connectivity index (χ4v) is 13.3. The zero-order valence-corrected chi connectivity index (χ0v) is 52.3. The van der Waals surface area contributed by atoms with Crippen molar-refractivity contribution in [3.8, 4) is 34.1 Å². The first-order valence-corrected chi connectivity index (χ1v) is 33.2. The van der Waals surface area contributed by atoms with Gasteiger partial charge in [0.1, 0.15) is 22.7 Å². The van der Waals surface area contributed by atoms with Crippen molar-refractivity contribution in [3.05, 3.63) is 212 Å². The number of fused-ring (bicyclic) bond motifs is 8. The molecule has 2 aliphatic heterocycles. The number of carbonyl (C=O) groups excluding carboxylic acids is 4. The number of nitro groups is 2. The van der Waals surface area contributed by atoms with Gasteiger partial charge in [0.2, 0.25) is 0 Å². The fourth-order valence-electron chi connectivity index (χ4n) is 11.9. The molecule has 0 radical (unpaired) electrons. The predicted octanol–water partition coefficient (Wildman–Crippen LogP) is 13.2. The summed E-state index contributed by atoms with van der Waals surface area (Å²) in [6.45, 7) is -0.557. The standard InChI is InChI=1S/C64H50Cl2N6O21P2/c65-27-39-29-69(49-25-45(41-5-1-3-7-43(41)59(39)49)67-63(75)87-31-33-9-13-47(71(77)78)55(19-33)92-94(81,82)83)61(73)57-23-37-21-35(11-15-53(37)90-57)51-17-18-52(89-51)36-12-16-54-38(22-36)24-58(91-54)62(74)70-30-40(28-66)60-44-8-4-2-6-42(44)46(26-50(60)70)68-64(76)88-32-34-10-14-48(72(79)80)56(20-34)93-95(84,85)86/h1-26,39-40,81-86,94-95H,27-32H2,(H,67,75)(H,68,76). The number of alkyl halides is 2. The molecular weight excluding hydrogens is 1320 g/mol. The number of amides is 4. The molecule has 8 aromatic carbocycles. The van der Waals surface area contributed by atoms with Gasteiger partial charge in [0.05, 0.1) is 0 Å². The number of nitro benzene ring substituents is 2. The van der Waals surface area contributed by atoms with Crippen LogP contribution in [0.15, 0.2) is 171 Å². The van der Waals surface area contributed by atoms with Gasteiger partial charge in [-0.2, -0.15) is 0 Å². The van der Waals surface area contributed by atoms with Gasteiger partial charge in [0, 0.05) is 58.6 Å². The van der Waals surface area contributed by atoms with Gasteiger partial charge in [-0.15, -0.1) is 23.2 Å². The summed E-state index contributed by atoms with van der Waals surface area (Å²) in [5.41, 5.74) is 4.12. The second kappa shape index (κ2) is 25.2. The number of furan rings is 3. The van der Waals surface area contributed by atoms with Gasteiger partial charge in [-0.1, -0.05) is 12.1 Å². The maximum atomic E-state index is 14.6. The van der Waals surface area contributed by atoms with Gasteiger partial charge in [-0.05, 0) is 60.7 Å². The minimum atomic E-state index is -5.24. The van der Waals surface area contributed by atoms with Crippen LogP contribution in [0.2, 0.25) is 0 Å². The number of nitrogens with zero attached hydrogens (tertiary/aromatic N) is 4. The fraction of sp³-hybridized carbons (Fsp3) is 0.125. The molecule has 2 unspecified atom stereocenters. The molecule has 95 heavy (non-hydrogen) atoms. The van der Waals surface area contributed by atoms with Gasteiger partial charge in [0.15, 0.2) is 11.5 Å². The molecule has 486 valence electrons. The number of ether oxygens (including phenoxy) is 2. The molecule has 0 fully saturated rings. The average molecular weight is 1370 g/mol. The van der Waals surface area contributed by atoms with E-state index in [4.69, 9.17) is 45.9 Å². The molecule has 27 nitrogen and oxygen atoms in total. The van der Waals surface area contributed by atoms with Crippen molar-refractivity contribution in [2.75, 3.05) is 45.3 Å². The molecule has 0 saturated heterocycles. The van der Waals surface area contributed by atoms with Gasteiger partial charge < -0.3 is 13.3 Å². The van der Waals surface area contributed by atoms with Crippen molar-refractivity contribution in [1.82, 2.24) is 0 Å². The van der Waals surface area contributed by atoms with Crippen LogP contribution in [0.5, 0.6) is 11.5 Å². The molecule has 4 amide bonds. The molecule has 31 heteroatoms. The third kappa shape index (κ3) is 12.8. The number of benzene rings is 8. The Morgan fingerprint density at radius 2 is 0.916 bits per heavy atom. The third-order valence-electron chi connectivity index (χ3n) is 16.0. The molecule has 8 N–H and O–H groups in total. The van der Waals surface area contributed by atoms with E-state index in [1.54, 1.807) is 84.9 Å². The molecule has 3 aromatic heterocycles. The second-order valence-corrected chi connectivity index (χ2v) is 25.4. The summed E-state index contributed by atoms with van der Waals surface area (Å²) in [6, 6.07) is 41.7. The minimum absolute atomic E-state index is 0.0167. The zero-order valence-electron chi connectivity index (χ0n) is 48.8. The number of anilines is 4. The second-order valence-electron chi connectivity index (χ2n) is 22.1. The molecule has 11 aromatic rings. The first kappa shape index (κ1) is 63.5. The zero-order chi connectivity index (χ0) is 66.8. The summed E-state index contributed by atoms with van der Waals surface area (Å²) in [5.74, 6) is -1.59. The van der Waals surface area contributed by atoms with Crippen LogP contribution in [0.25, 0.3) is 66.1 Å². The summed E-state index contributed by atoms with van der Waals surface area (Å²) < 4.78 is 39.0. The number of halogens is 2. The van der Waals surface area contributed by atoms with E-state index in [1.165, 1.54) is 21.9 Å². The molecule has 0 saturated carbocycles. The Morgan fingerprint density at radius 1 is 0.516 bits per heavy atom. The summed E-state index contributed by atoms with van der Waals surface area (Å²) in [4.78, 5) is 137. The van der Waals surface area contributed by atoms with Crippen molar-refractivity contribution in [3.63, 3.8) is 0 Å². The van der Waals surface area contributed by atoms with E-state index in [1.807, 2.05) is 36.4 Å². The molecule has 0 aliphatic carbocycles. The van der Waals surface area contributed by atoms with E-state index >= 15 is 0 Å². The Labute approximate surface area is 545 Å². The van der Waals surface area contributed by atoms with Crippen LogP contribution in [-0.2, 0) is 22.7 Å². The van der Waals surface area contributed by atoms with Gasteiger partial charge in [-0.25, -0.2) is 0 Å². The first-order valence-electron chi connectivity index (χ1n) is 28.7. The Balaban J connectivity index is 0.706. The summed E-state index contributed by atoms with van der Waals surface area (Å²) in [6.07, 6.45) is -1.89.